The van der Waals surface area contributed by atoms with Crippen LogP contribution in [0.1, 0.15) is 23.7 Å². The highest BCUT2D eigenvalue weighted by atomic mass is 35.5. The molecule has 1 atom stereocenters. The van der Waals surface area contributed by atoms with E-state index in [1.807, 2.05) is 30.3 Å². The summed E-state index contributed by atoms with van der Waals surface area (Å²) in [6.07, 6.45) is 0.480. The average Bonchev–Trinajstić information content (AvgIpc) is 2.48. The highest BCUT2D eigenvalue weighted by Crippen LogP contribution is 2.29. The lowest BCUT2D eigenvalue weighted by Gasteiger charge is -2.19. The molecule has 2 aromatic carbocycles. The molecule has 0 aliphatic heterocycles. The van der Waals surface area contributed by atoms with E-state index in [1.54, 1.807) is 18.2 Å². The van der Waals surface area contributed by atoms with Crippen molar-refractivity contribution in [2.24, 2.45) is 5.73 Å². The molecule has 0 heterocycles. The van der Waals surface area contributed by atoms with Gasteiger partial charge in [-0.05, 0) is 24.2 Å². The van der Waals surface area contributed by atoms with E-state index in [2.05, 4.69) is 6.07 Å². The number of nitriles is 1. The largest absolute Gasteiger partial charge is 0.484 e. The first-order chi connectivity index (χ1) is 9.74. The fourth-order valence-electron chi connectivity index (χ4n) is 1.95. The molecule has 0 aliphatic rings. The Hall–Kier alpha value is -1.73. The van der Waals surface area contributed by atoms with Crippen molar-refractivity contribution in [3.05, 3.63) is 64.7 Å². The van der Waals surface area contributed by atoms with E-state index in [-0.39, 0.29) is 18.5 Å². The Labute approximate surface area is 135 Å². The van der Waals surface area contributed by atoms with Crippen molar-refractivity contribution in [1.82, 2.24) is 0 Å². The summed E-state index contributed by atoms with van der Waals surface area (Å²) in [6, 6.07) is 16.9. The van der Waals surface area contributed by atoms with Crippen LogP contribution in [0.2, 0.25) is 5.02 Å². The summed E-state index contributed by atoms with van der Waals surface area (Å²) in [5, 5.41) is 9.67. The molecule has 0 aromatic heterocycles. The molecule has 5 heteroatoms. The summed E-state index contributed by atoms with van der Waals surface area (Å²) in [6.45, 7) is 0.502. The lowest BCUT2D eigenvalue weighted by Crippen LogP contribution is -2.13. The number of nitrogens with two attached hydrogens (primary N) is 1. The van der Waals surface area contributed by atoms with Gasteiger partial charge in [-0.3, -0.25) is 0 Å². The maximum Gasteiger partial charge on any atom is 0.139 e. The van der Waals surface area contributed by atoms with Crippen LogP contribution >= 0.6 is 24.0 Å². The number of halogens is 2. The molecule has 21 heavy (non-hydrogen) atoms. The number of benzene rings is 2. The molecule has 0 amide bonds. The van der Waals surface area contributed by atoms with Gasteiger partial charge in [-0.1, -0.05) is 41.9 Å². The van der Waals surface area contributed by atoms with E-state index in [1.165, 1.54) is 0 Å². The van der Waals surface area contributed by atoms with Crippen molar-refractivity contribution in [2.75, 3.05) is 6.54 Å². The van der Waals surface area contributed by atoms with E-state index in [0.29, 0.717) is 29.3 Å². The zero-order chi connectivity index (χ0) is 14.4. The fraction of sp³-hybridized carbons (Fsp3) is 0.188. The van der Waals surface area contributed by atoms with Crippen LogP contribution in [0.5, 0.6) is 5.75 Å². The third-order valence-corrected chi connectivity index (χ3v) is 3.17. The average molecular weight is 323 g/mol. The first-order valence-corrected chi connectivity index (χ1v) is 6.73. The molecule has 0 aliphatic carbocycles. The molecule has 0 radical (unpaired) electrons. The van der Waals surface area contributed by atoms with Crippen molar-refractivity contribution >= 4 is 24.0 Å². The SMILES string of the molecule is Cl.N#Cc1ccc(Cl)cc1OC(CCN)c1ccccc1. The first kappa shape index (κ1) is 17.3. The molecule has 3 nitrogen and oxygen atoms in total. The Balaban J connectivity index is 0.00000220. The van der Waals surface area contributed by atoms with Crippen LogP contribution in [-0.2, 0) is 0 Å². The van der Waals surface area contributed by atoms with Crippen molar-refractivity contribution in [2.45, 2.75) is 12.5 Å². The molecule has 0 fully saturated rings. The Morgan fingerprint density at radius 1 is 1.19 bits per heavy atom. The first-order valence-electron chi connectivity index (χ1n) is 6.36. The standard InChI is InChI=1S/C16H15ClN2O.ClH/c17-14-7-6-13(11-19)16(10-14)20-15(8-9-18)12-4-2-1-3-5-12;/h1-7,10,15H,8-9,18H2;1H. The Morgan fingerprint density at radius 3 is 2.52 bits per heavy atom. The Kier molecular flexibility index (Phi) is 7.04. The van der Waals surface area contributed by atoms with E-state index >= 15 is 0 Å². The van der Waals surface area contributed by atoms with Crippen molar-refractivity contribution < 1.29 is 4.74 Å². The monoisotopic (exact) mass is 322 g/mol. The van der Waals surface area contributed by atoms with E-state index < -0.39 is 0 Å². The number of hydrogen-bond acceptors (Lipinski definition) is 3. The Bertz CT molecular complexity index is 611. The molecular weight excluding hydrogens is 307 g/mol. The molecule has 0 spiro atoms. The van der Waals surface area contributed by atoms with Crippen LogP contribution in [0, 0.1) is 11.3 Å². The second kappa shape index (κ2) is 8.53. The number of ether oxygens (including phenoxy) is 1. The van der Waals surface area contributed by atoms with Crippen LogP contribution in [0.15, 0.2) is 48.5 Å². The minimum Gasteiger partial charge on any atom is -0.484 e. The zero-order valence-corrected chi connectivity index (χ0v) is 12.9. The number of nitrogens with zero attached hydrogens (tertiary/aromatic N) is 1. The number of rotatable bonds is 5. The normalized spacial score (nSPS) is 11.1. The van der Waals surface area contributed by atoms with Crippen LogP contribution < -0.4 is 10.5 Å². The quantitative estimate of drug-likeness (QED) is 0.901. The van der Waals surface area contributed by atoms with Crippen LogP contribution in [-0.4, -0.2) is 6.54 Å². The molecule has 0 saturated carbocycles. The zero-order valence-electron chi connectivity index (χ0n) is 11.3. The van der Waals surface area contributed by atoms with Crippen LogP contribution in [0.4, 0.5) is 0 Å². The van der Waals surface area contributed by atoms with E-state index in [9.17, 15) is 0 Å². The second-order valence-corrected chi connectivity index (χ2v) is 4.78. The van der Waals surface area contributed by atoms with Crippen LogP contribution in [0.3, 0.4) is 0 Å². The maximum absolute atomic E-state index is 9.12. The van der Waals surface area contributed by atoms with Crippen molar-refractivity contribution in [3.63, 3.8) is 0 Å². The van der Waals surface area contributed by atoms with E-state index in [0.717, 1.165) is 5.56 Å². The summed E-state index contributed by atoms with van der Waals surface area (Å²) >= 11 is 5.97. The smallest absolute Gasteiger partial charge is 0.139 e. The van der Waals surface area contributed by atoms with Gasteiger partial charge in [-0.15, -0.1) is 12.4 Å². The minimum absolute atomic E-state index is 0. The van der Waals surface area contributed by atoms with Gasteiger partial charge in [0.05, 0.1) is 5.56 Å². The van der Waals surface area contributed by atoms with E-state index in [4.69, 9.17) is 27.3 Å². The third-order valence-electron chi connectivity index (χ3n) is 2.93. The van der Waals surface area contributed by atoms with Gasteiger partial charge in [-0.2, -0.15) is 5.26 Å². The molecule has 1 unspecified atom stereocenters. The predicted molar refractivity (Wildman–Crippen MR) is 86.9 cm³/mol. The summed E-state index contributed by atoms with van der Waals surface area (Å²) < 4.78 is 5.96. The predicted octanol–water partition coefficient (Wildman–Crippen LogP) is 4.10. The van der Waals surface area contributed by atoms with Crippen molar-refractivity contribution in [3.8, 4) is 11.8 Å². The molecule has 0 saturated heterocycles. The number of hydrogen-bond donors (Lipinski definition) is 1. The van der Waals surface area contributed by atoms with Gasteiger partial charge in [0.2, 0.25) is 0 Å². The topological polar surface area (TPSA) is 59.0 Å². The van der Waals surface area contributed by atoms with Gasteiger partial charge in [0.15, 0.2) is 0 Å². The lowest BCUT2D eigenvalue weighted by atomic mass is 10.1. The van der Waals surface area contributed by atoms with Gasteiger partial charge in [0, 0.05) is 17.5 Å². The highest BCUT2D eigenvalue weighted by Gasteiger charge is 2.15. The van der Waals surface area contributed by atoms with Gasteiger partial charge >= 0.3 is 0 Å². The van der Waals surface area contributed by atoms with Gasteiger partial charge in [0.1, 0.15) is 17.9 Å². The van der Waals surface area contributed by atoms with Gasteiger partial charge < -0.3 is 10.5 Å². The summed E-state index contributed by atoms with van der Waals surface area (Å²) in [5.41, 5.74) is 7.14. The second-order valence-electron chi connectivity index (χ2n) is 4.35. The molecule has 2 N–H and O–H groups in total. The summed E-state index contributed by atoms with van der Waals surface area (Å²) in [5.74, 6) is 0.488. The molecule has 110 valence electrons. The van der Waals surface area contributed by atoms with Gasteiger partial charge in [-0.25, -0.2) is 0 Å². The molecular formula is C16H16Cl2N2O. The minimum atomic E-state index is -0.188. The molecule has 0 bridgehead atoms. The van der Waals surface area contributed by atoms with Gasteiger partial charge in [0.25, 0.3) is 0 Å². The lowest BCUT2D eigenvalue weighted by molar-refractivity contribution is 0.197. The van der Waals surface area contributed by atoms with Crippen LogP contribution in [0.25, 0.3) is 0 Å². The molecule has 2 aromatic rings. The Morgan fingerprint density at radius 2 is 1.90 bits per heavy atom. The molecule has 2 rings (SSSR count). The van der Waals surface area contributed by atoms with Crippen molar-refractivity contribution in [1.29, 1.82) is 5.26 Å². The fourth-order valence-corrected chi connectivity index (χ4v) is 2.11. The summed E-state index contributed by atoms with van der Waals surface area (Å²) in [4.78, 5) is 0. The highest BCUT2D eigenvalue weighted by molar-refractivity contribution is 6.30. The summed E-state index contributed by atoms with van der Waals surface area (Å²) in [7, 11) is 0. The maximum atomic E-state index is 9.12. The third kappa shape index (κ3) is 4.64.